The number of aryl methyl sites for hydroxylation is 2. The highest BCUT2D eigenvalue weighted by molar-refractivity contribution is 5.70. The first-order valence-corrected chi connectivity index (χ1v) is 4.31. The third-order valence-corrected chi connectivity index (χ3v) is 2.07. The molecule has 0 unspecified atom stereocenters. The van der Waals surface area contributed by atoms with Gasteiger partial charge in [0.25, 0.3) is 0 Å². The van der Waals surface area contributed by atoms with E-state index in [4.69, 9.17) is 10.3 Å². The fraction of sp³-hybridized carbons (Fsp3) is 0.556. The molecule has 0 aliphatic rings. The molecule has 1 rings (SSSR count). The van der Waals surface area contributed by atoms with E-state index in [9.17, 15) is 4.79 Å². The Hall–Kier alpha value is -1.36. The second kappa shape index (κ2) is 4.23. The standard InChI is InChI=1S/C9H14N2O3/c1-5-9(6(2)14-11-5)7(10)4-8(12)13-3/h7H,4,10H2,1-3H3/t7-/m1/s1. The van der Waals surface area contributed by atoms with Crippen LogP contribution >= 0.6 is 0 Å². The number of methoxy groups -OCH3 is 1. The van der Waals surface area contributed by atoms with E-state index in [0.717, 1.165) is 11.3 Å². The number of nitrogens with two attached hydrogens (primary N) is 1. The van der Waals surface area contributed by atoms with Crippen molar-refractivity contribution in [1.82, 2.24) is 5.16 Å². The van der Waals surface area contributed by atoms with Crippen LogP contribution in [0.5, 0.6) is 0 Å². The summed E-state index contributed by atoms with van der Waals surface area (Å²) in [5.74, 6) is 0.316. The van der Waals surface area contributed by atoms with Crippen LogP contribution in [0.25, 0.3) is 0 Å². The number of aromatic nitrogens is 1. The average molecular weight is 198 g/mol. The Morgan fingerprint density at radius 2 is 2.29 bits per heavy atom. The van der Waals surface area contributed by atoms with E-state index in [1.807, 2.05) is 0 Å². The summed E-state index contributed by atoms with van der Waals surface area (Å²) in [4.78, 5) is 11.0. The largest absolute Gasteiger partial charge is 0.469 e. The van der Waals surface area contributed by atoms with Crippen molar-refractivity contribution >= 4 is 5.97 Å². The minimum Gasteiger partial charge on any atom is -0.469 e. The van der Waals surface area contributed by atoms with Gasteiger partial charge in [-0.25, -0.2) is 0 Å². The van der Waals surface area contributed by atoms with Crippen molar-refractivity contribution in [2.24, 2.45) is 5.73 Å². The predicted molar refractivity (Wildman–Crippen MR) is 49.5 cm³/mol. The van der Waals surface area contributed by atoms with Crippen LogP contribution in [-0.4, -0.2) is 18.2 Å². The highest BCUT2D eigenvalue weighted by Gasteiger charge is 2.19. The lowest BCUT2D eigenvalue weighted by Gasteiger charge is -2.08. The topological polar surface area (TPSA) is 78.4 Å². The Balaban J connectivity index is 2.78. The quantitative estimate of drug-likeness (QED) is 0.728. The zero-order valence-electron chi connectivity index (χ0n) is 8.53. The minimum atomic E-state index is -0.409. The number of nitrogens with zero attached hydrogens (tertiary/aromatic N) is 1. The molecule has 1 aromatic heterocycles. The Bertz CT molecular complexity index is 313. The van der Waals surface area contributed by atoms with Crippen molar-refractivity contribution in [1.29, 1.82) is 0 Å². The third kappa shape index (κ3) is 2.11. The SMILES string of the molecule is COC(=O)C[C@@H](N)c1c(C)noc1C. The molecular formula is C9H14N2O3. The van der Waals surface area contributed by atoms with Gasteiger partial charge in [-0.2, -0.15) is 0 Å². The molecule has 0 radical (unpaired) electrons. The summed E-state index contributed by atoms with van der Waals surface area (Å²) < 4.78 is 9.48. The second-order valence-electron chi connectivity index (χ2n) is 3.12. The molecule has 0 saturated heterocycles. The van der Waals surface area contributed by atoms with Gasteiger partial charge in [0.1, 0.15) is 5.76 Å². The molecule has 5 heteroatoms. The molecule has 0 aliphatic carbocycles. The number of rotatable bonds is 3. The van der Waals surface area contributed by atoms with E-state index in [-0.39, 0.29) is 12.4 Å². The molecule has 0 bridgehead atoms. The van der Waals surface area contributed by atoms with Gasteiger partial charge in [-0.1, -0.05) is 5.16 Å². The van der Waals surface area contributed by atoms with Crippen LogP contribution in [0.15, 0.2) is 4.52 Å². The van der Waals surface area contributed by atoms with Crippen LogP contribution in [0, 0.1) is 13.8 Å². The lowest BCUT2D eigenvalue weighted by molar-refractivity contribution is -0.141. The minimum absolute atomic E-state index is 0.138. The van der Waals surface area contributed by atoms with Crippen LogP contribution < -0.4 is 5.73 Å². The van der Waals surface area contributed by atoms with Crippen LogP contribution in [-0.2, 0) is 9.53 Å². The lowest BCUT2D eigenvalue weighted by Crippen LogP contribution is -2.17. The summed E-state index contributed by atoms with van der Waals surface area (Å²) in [7, 11) is 1.34. The number of ether oxygens (including phenoxy) is 1. The van der Waals surface area contributed by atoms with E-state index >= 15 is 0 Å². The normalized spacial score (nSPS) is 12.6. The number of carbonyl (C=O) groups excluding carboxylic acids is 1. The van der Waals surface area contributed by atoms with Crippen LogP contribution in [0.1, 0.15) is 29.5 Å². The molecule has 1 aromatic rings. The Kier molecular flexibility index (Phi) is 3.24. The van der Waals surface area contributed by atoms with Gasteiger partial charge in [-0.05, 0) is 13.8 Å². The van der Waals surface area contributed by atoms with Crippen molar-refractivity contribution in [3.05, 3.63) is 17.0 Å². The second-order valence-corrected chi connectivity index (χ2v) is 3.12. The first-order valence-electron chi connectivity index (χ1n) is 4.31. The van der Waals surface area contributed by atoms with E-state index < -0.39 is 6.04 Å². The highest BCUT2D eigenvalue weighted by atomic mass is 16.5. The van der Waals surface area contributed by atoms with Crippen LogP contribution in [0.4, 0.5) is 0 Å². The summed E-state index contributed by atoms with van der Waals surface area (Å²) in [6.07, 6.45) is 0.138. The van der Waals surface area contributed by atoms with Gasteiger partial charge in [0.05, 0.1) is 19.2 Å². The molecular weight excluding hydrogens is 184 g/mol. The van der Waals surface area contributed by atoms with Crippen molar-refractivity contribution in [2.75, 3.05) is 7.11 Å². The number of carbonyl (C=O) groups is 1. The number of hydrogen-bond acceptors (Lipinski definition) is 5. The molecule has 14 heavy (non-hydrogen) atoms. The van der Waals surface area contributed by atoms with Crippen molar-refractivity contribution in [2.45, 2.75) is 26.3 Å². The fourth-order valence-electron chi connectivity index (χ4n) is 1.38. The molecule has 0 fully saturated rings. The first kappa shape index (κ1) is 10.7. The zero-order chi connectivity index (χ0) is 10.7. The van der Waals surface area contributed by atoms with Crippen LogP contribution in [0.3, 0.4) is 0 Å². The molecule has 0 amide bonds. The molecule has 0 aromatic carbocycles. The smallest absolute Gasteiger partial charge is 0.307 e. The Morgan fingerprint density at radius 3 is 2.71 bits per heavy atom. The predicted octanol–water partition coefficient (Wildman–Crippen LogP) is 0.854. The molecule has 0 spiro atoms. The van der Waals surface area contributed by atoms with Crippen molar-refractivity contribution in [3.63, 3.8) is 0 Å². The maximum absolute atomic E-state index is 11.0. The molecule has 1 atom stereocenters. The van der Waals surface area contributed by atoms with Gasteiger partial charge >= 0.3 is 5.97 Å². The fourth-order valence-corrected chi connectivity index (χ4v) is 1.38. The summed E-state index contributed by atoms with van der Waals surface area (Å²) in [6, 6.07) is -0.409. The van der Waals surface area contributed by atoms with Gasteiger partial charge in [-0.15, -0.1) is 0 Å². The van der Waals surface area contributed by atoms with Crippen molar-refractivity contribution < 1.29 is 14.1 Å². The first-order chi connectivity index (χ1) is 6.56. The Morgan fingerprint density at radius 1 is 1.64 bits per heavy atom. The number of esters is 1. The van der Waals surface area contributed by atoms with Crippen LogP contribution in [0.2, 0.25) is 0 Å². The average Bonchev–Trinajstić information content (AvgIpc) is 2.46. The van der Waals surface area contributed by atoms with Gasteiger partial charge in [0.2, 0.25) is 0 Å². The van der Waals surface area contributed by atoms with Gasteiger partial charge < -0.3 is 15.0 Å². The highest BCUT2D eigenvalue weighted by Crippen LogP contribution is 2.21. The van der Waals surface area contributed by atoms with E-state index in [1.165, 1.54) is 7.11 Å². The molecule has 5 nitrogen and oxygen atoms in total. The monoisotopic (exact) mass is 198 g/mol. The summed E-state index contributed by atoms with van der Waals surface area (Å²) in [6.45, 7) is 3.56. The maximum Gasteiger partial charge on any atom is 0.307 e. The summed E-state index contributed by atoms with van der Waals surface area (Å²) in [5.41, 5.74) is 7.33. The van der Waals surface area contributed by atoms with E-state index in [0.29, 0.717) is 5.76 Å². The summed E-state index contributed by atoms with van der Waals surface area (Å²) >= 11 is 0. The molecule has 78 valence electrons. The maximum atomic E-state index is 11.0. The summed E-state index contributed by atoms with van der Waals surface area (Å²) in [5, 5.41) is 3.76. The van der Waals surface area contributed by atoms with E-state index in [1.54, 1.807) is 13.8 Å². The lowest BCUT2D eigenvalue weighted by atomic mass is 10.0. The number of hydrogen-bond donors (Lipinski definition) is 1. The van der Waals surface area contributed by atoms with Crippen molar-refractivity contribution in [3.8, 4) is 0 Å². The van der Waals surface area contributed by atoms with Gasteiger partial charge in [0, 0.05) is 11.6 Å². The van der Waals surface area contributed by atoms with Gasteiger partial charge in [0.15, 0.2) is 0 Å². The molecule has 2 N–H and O–H groups in total. The molecule has 1 heterocycles. The van der Waals surface area contributed by atoms with Gasteiger partial charge in [-0.3, -0.25) is 4.79 Å². The zero-order valence-corrected chi connectivity index (χ0v) is 8.53. The van der Waals surface area contributed by atoms with E-state index in [2.05, 4.69) is 9.89 Å². The molecule has 0 saturated carbocycles. The molecule has 0 aliphatic heterocycles. The third-order valence-electron chi connectivity index (χ3n) is 2.07. The Labute approximate surface area is 82.2 Å².